The molecule has 0 aliphatic rings. The highest BCUT2D eigenvalue weighted by atomic mass is 35.5. The molecule has 1 aromatic heterocycles. The van der Waals surface area contributed by atoms with Gasteiger partial charge in [0.25, 0.3) is 0 Å². The molecular weight excluding hydrogens is 168 g/mol. The number of carbonyl (C=O) groups excluding carboxylic acids is 1. The maximum Gasteiger partial charge on any atom is 0.374 e. The molecule has 0 aliphatic carbocycles. The molecule has 0 atom stereocenters. The van der Waals surface area contributed by atoms with E-state index < -0.39 is 5.97 Å². The molecule has 60 valence electrons. The largest absolute Gasteiger partial charge is 0.463 e. The second-order valence-corrected chi connectivity index (χ2v) is 2.17. The van der Waals surface area contributed by atoms with Crippen LogP contribution in [-0.2, 0) is 10.6 Å². The van der Waals surface area contributed by atoms with E-state index in [1.54, 1.807) is 6.07 Å². The van der Waals surface area contributed by atoms with Gasteiger partial charge in [0.05, 0.1) is 19.3 Å². The van der Waals surface area contributed by atoms with Crippen LogP contribution >= 0.6 is 11.6 Å². The first kappa shape index (κ1) is 8.14. The second kappa shape index (κ2) is 3.44. The number of ether oxygens (including phenoxy) is 1. The number of alkyl halides is 1. The summed E-state index contributed by atoms with van der Waals surface area (Å²) in [7, 11) is 1.29. The lowest BCUT2D eigenvalue weighted by Gasteiger charge is -1.95. The zero-order valence-electron chi connectivity index (χ0n) is 5.96. The van der Waals surface area contributed by atoms with Crippen molar-refractivity contribution in [3.05, 3.63) is 23.7 Å². The lowest BCUT2D eigenvalue weighted by Crippen LogP contribution is -2.01. The minimum atomic E-state index is -0.495. The molecule has 1 rings (SSSR count). The van der Waals surface area contributed by atoms with E-state index in [-0.39, 0.29) is 11.6 Å². The van der Waals surface area contributed by atoms with Gasteiger partial charge in [-0.15, -0.1) is 11.6 Å². The Labute approximate surface area is 68.9 Å². The van der Waals surface area contributed by atoms with Crippen LogP contribution in [0.2, 0.25) is 0 Å². The van der Waals surface area contributed by atoms with Crippen molar-refractivity contribution in [2.24, 2.45) is 0 Å². The molecule has 0 aliphatic heterocycles. The lowest BCUT2D eigenvalue weighted by molar-refractivity contribution is 0.0564. The summed E-state index contributed by atoms with van der Waals surface area (Å²) in [6.45, 7) is 0. The normalized spacial score (nSPS) is 9.64. The highest BCUT2D eigenvalue weighted by molar-refractivity contribution is 6.17. The molecular formula is C7H7ClO3. The number of carbonyl (C=O) groups is 1. The van der Waals surface area contributed by atoms with Gasteiger partial charge in [0.15, 0.2) is 0 Å². The van der Waals surface area contributed by atoms with Gasteiger partial charge in [0.1, 0.15) is 0 Å². The molecule has 0 saturated carbocycles. The molecule has 4 heteroatoms. The first-order chi connectivity index (χ1) is 5.29. The van der Waals surface area contributed by atoms with E-state index in [1.165, 1.54) is 13.4 Å². The Balaban J connectivity index is 2.92. The van der Waals surface area contributed by atoms with Crippen molar-refractivity contribution in [1.29, 1.82) is 0 Å². The zero-order chi connectivity index (χ0) is 8.27. The molecule has 1 aromatic rings. The van der Waals surface area contributed by atoms with Gasteiger partial charge in [-0.25, -0.2) is 4.79 Å². The van der Waals surface area contributed by atoms with E-state index in [1.807, 2.05) is 0 Å². The fraction of sp³-hybridized carbons (Fsp3) is 0.286. The predicted octanol–water partition coefficient (Wildman–Crippen LogP) is 1.80. The summed E-state index contributed by atoms with van der Waals surface area (Å²) in [5, 5.41) is 0. The molecule has 0 fully saturated rings. The minimum Gasteiger partial charge on any atom is -0.463 e. The highest BCUT2D eigenvalue weighted by Crippen LogP contribution is 2.13. The monoisotopic (exact) mass is 174 g/mol. The average Bonchev–Trinajstić information content (AvgIpc) is 2.50. The minimum absolute atomic E-state index is 0.183. The van der Waals surface area contributed by atoms with Crippen LogP contribution in [0.15, 0.2) is 16.7 Å². The second-order valence-electron chi connectivity index (χ2n) is 1.90. The number of esters is 1. The Morgan fingerprint density at radius 1 is 1.82 bits per heavy atom. The van der Waals surface area contributed by atoms with Crippen molar-refractivity contribution in [2.75, 3.05) is 7.11 Å². The van der Waals surface area contributed by atoms with Crippen molar-refractivity contribution >= 4 is 17.6 Å². The van der Waals surface area contributed by atoms with Crippen LogP contribution in [0, 0.1) is 0 Å². The first-order valence-electron chi connectivity index (χ1n) is 3.00. The Kier molecular flexibility index (Phi) is 2.54. The Morgan fingerprint density at radius 2 is 2.55 bits per heavy atom. The molecule has 0 unspecified atom stereocenters. The number of rotatable bonds is 2. The molecule has 11 heavy (non-hydrogen) atoms. The van der Waals surface area contributed by atoms with Crippen LogP contribution < -0.4 is 0 Å². The van der Waals surface area contributed by atoms with Gasteiger partial charge in [-0.05, 0) is 6.07 Å². The lowest BCUT2D eigenvalue weighted by atomic mass is 10.3. The van der Waals surface area contributed by atoms with E-state index in [4.69, 9.17) is 16.0 Å². The molecule has 0 aromatic carbocycles. The number of halogens is 1. The van der Waals surface area contributed by atoms with Gasteiger partial charge in [-0.3, -0.25) is 0 Å². The van der Waals surface area contributed by atoms with Gasteiger partial charge in [-0.1, -0.05) is 0 Å². The smallest absolute Gasteiger partial charge is 0.374 e. The Morgan fingerprint density at radius 3 is 3.09 bits per heavy atom. The average molecular weight is 175 g/mol. The van der Waals surface area contributed by atoms with Crippen LogP contribution in [0.4, 0.5) is 0 Å². The third-order valence-corrected chi connectivity index (χ3v) is 1.55. The summed E-state index contributed by atoms with van der Waals surface area (Å²) in [5.74, 6) is -0.0610. The maximum absolute atomic E-state index is 10.9. The molecule has 1 heterocycles. The quantitative estimate of drug-likeness (QED) is 0.507. The SMILES string of the molecule is COC(=O)c1occc1CCl. The number of methoxy groups -OCH3 is 1. The van der Waals surface area contributed by atoms with E-state index in [0.29, 0.717) is 5.56 Å². The number of furan rings is 1. The Bertz CT molecular complexity index is 254. The molecule has 0 N–H and O–H groups in total. The van der Waals surface area contributed by atoms with Gasteiger partial charge in [-0.2, -0.15) is 0 Å². The van der Waals surface area contributed by atoms with E-state index >= 15 is 0 Å². The van der Waals surface area contributed by atoms with Crippen molar-refractivity contribution in [2.45, 2.75) is 5.88 Å². The van der Waals surface area contributed by atoms with Crippen molar-refractivity contribution < 1.29 is 13.9 Å². The van der Waals surface area contributed by atoms with Gasteiger partial charge < -0.3 is 9.15 Å². The van der Waals surface area contributed by atoms with Crippen LogP contribution in [0.25, 0.3) is 0 Å². The summed E-state index contributed by atoms with van der Waals surface area (Å²) >= 11 is 5.51. The molecule has 0 bridgehead atoms. The van der Waals surface area contributed by atoms with E-state index in [9.17, 15) is 4.79 Å². The molecule has 0 spiro atoms. The highest BCUT2D eigenvalue weighted by Gasteiger charge is 2.13. The van der Waals surface area contributed by atoms with Crippen LogP contribution in [0.3, 0.4) is 0 Å². The van der Waals surface area contributed by atoms with Crippen LogP contribution in [0.1, 0.15) is 16.1 Å². The molecule has 0 amide bonds. The molecule has 0 saturated heterocycles. The summed E-state index contributed by atoms with van der Waals surface area (Å²) in [6.07, 6.45) is 1.41. The third-order valence-electron chi connectivity index (χ3n) is 1.26. The summed E-state index contributed by atoms with van der Waals surface area (Å²) < 4.78 is 9.29. The van der Waals surface area contributed by atoms with Crippen molar-refractivity contribution in [1.82, 2.24) is 0 Å². The number of hydrogen-bond donors (Lipinski definition) is 0. The summed E-state index contributed by atoms with van der Waals surface area (Å²) in [6, 6.07) is 1.64. The van der Waals surface area contributed by atoms with Crippen molar-refractivity contribution in [3.8, 4) is 0 Å². The number of hydrogen-bond acceptors (Lipinski definition) is 3. The van der Waals surface area contributed by atoms with Gasteiger partial charge >= 0.3 is 5.97 Å². The van der Waals surface area contributed by atoms with Crippen molar-refractivity contribution in [3.63, 3.8) is 0 Å². The summed E-state index contributed by atoms with van der Waals surface area (Å²) in [4.78, 5) is 10.9. The maximum atomic E-state index is 10.9. The van der Waals surface area contributed by atoms with Gasteiger partial charge in [0, 0.05) is 5.56 Å². The topological polar surface area (TPSA) is 39.4 Å². The zero-order valence-corrected chi connectivity index (χ0v) is 6.72. The molecule has 0 radical (unpaired) electrons. The van der Waals surface area contributed by atoms with Gasteiger partial charge in [0.2, 0.25) is 5.76 Å². The first-order valence-corrected chi connectivity index (χ1v) is 3.53. The summed E-state index contributed by atoms with van der Waals surface area (Å²) in [5.41, 5.74) is 0.651. The standard InChI is InChI=1S/C7H7ClO3/c1-10-7(9)6-5(4-8)2-3-11-6/h2-3H,4H2,1H3. The van der Waals surface area contributed by atoms with Crippen LogP contribution in [0.5, 0.6) is 0 Å². The fourth-order valence-electron chi connectivity index (χ4n) is 0.713. The predicted molar refractivity (Wildman–Crippen MR) is 39.6 cm³/mol. The van der Waals surface area contributed by atoms with E-state index in [0.717, 1.165) is 0 Å². The Hall–Kier alpha value is -0.960. The van der Waals surface area contributed by atoms with E-state index in [2.05, 4.69) is 4.74 Å². The third kappa shape index (κ3) is 1.54. The molecule has 3 nitrogen and oxygen atoms in total. The fourth-order valence-corrected chi connectivity index (χ4v) is 0.923. The van der Waals surface area contributed by atoms with Crippen LogP contribution in [-0.4, -0.2) is 13.1 Å².